The Morgan fingerprint density at radius 3 is 2.68 bits per heavy atom. The lowest BCUT2D eigenvalue weighted by atomic mass is 10.2. The predicted octanol–water partition coefficient (Wildman–Crippen LogP) is 4.15. The molecule has 1 amide bonds. The lowest BCUT2D eigenvalue weighted by Crippen LogP contribution is -2.24. The van der Waals surface area contributed by atoms with E-state index < -0.39 is 17.4 Å². The van der Waals surface area contributed by atoms with Gasteiger partial charge in [-0.3, -0.25) is 14.9 Å². The van der Waals surface area contributed by atoms with Crippen LogP contribution in [0.3, 0.4) is 0 Å². The van der Waals surface area contributed by atoms with Crippen molar-refractivity contribution in [1.29, 1.82) is 0 Å². The van der Waals surface area contributed by atoms with Gasteiger partial charge in [-0.05, 0) is 30.3 Å². The lowest BCUT2D eigenvalue weighted by molar-refractivity contribution is -0.385. The van der Waals surface area contributed by atoms with Crippen molar-refractivity contribution in [2.24, 2.45) is 5.10 Å². The van der Waals surface area contributed by atoms with E-state index >= 15 is 0 Å². The van der Waals surface area contributed by atoms with Gasteiger partial charge in [-0.15, -0.1) is 0 Å². The molecule has 3 rings (SSSR count). The van der Waals surface area contributed by atoms with Crippen molar-refractivity contribution in [3.05, 3.63) is 81.0 Å². The molecule has 0 aliphatic heterocycles. The quantitative estimate of drug-likeness (QED) is 0.335. The Hall–Kier alpha value is -3.46. The minimum absolute atomic E-state index is 0.0109. The van der Waals surface area contributed by atoms with Crippen LogP contribution in [0.25, 0.3) is 11.3 Å². The number of amides is 1. The third-order valence-electron chi connectivity index (χ3n) is 3.56. The number of hydrazone groups is 1. The summed E-state index contributed by atoms with van der Waals surface area (Å²) in [5, 5.41) is 14.7. The average Bonchev–Trinajstić information content (AvgIpc) is 3.16. The molecule has 0 fully saturated rings. The minimum Gasteiger partial charge on any atom is -0.477 e. The van der Waals surface area contributed by atoms with Crippen molar-refractivity contribution in [2.75, 3.05) is 6.61 Å². The number of para-hydroxylation sites is 2. The smallest absolute Gasteiger partial charge is 0.310 e. The highest BCUT2D eigenvalue weighted by atomic mass is 79.9. The zero-order valence-corrected chi connectivity index (χ0v) is 16.0. The Morgan fingerprint density at radius 1 is 1.18 bits per heavy atom. The first-order valence-electron chi connectivity index (χ1n) is 8.07. The second-order valence-electron chi connectivity index (χ2n) is 5.52. The first-order valence-corrected chi connectivity index (χ1v) is 8.86. The van der Waals surface area contributed by atoms with Crippen molar-refractivity contribution < 1.29 is 18.9 Å². The largest absolute Gasteiger partial charge is 0.477 e. The molecule has 3 aromatic rings. The SMILES string of the molecule is O=C(COc1ccccc1[N+](=O)[O-])NN=Cc1ccc(-c2ccc(Br)cc2)o1. The molecule has 0 aliphatic carbocycles. The molecule has 8 nitrogen and oxygen atoms in total. The normalized spacial score (nSPS) is 10.8. The molecule has 0 saturated heterocycles. The van der Waals surface area contributed by atoms with Gasteiger partial charge in [0.15, 0.2) is 12.4 Å². The Labute approximate surface area is 168 Å². The fourth-order valence-electron chi connectivity index (χ4n) is 2.27. The third kappa shape index (κ3) is 5.04. The van der Waals surface area contributed by atoms with Gasteiger partial charge in [0, 0.05) is 16.1 Å². The number of hydrogen-bond acceptors (Lipinski definition) is 6. The molecule has 0 saturated carbocycles. The number of nitro groups is 1. The standard InChI is InChI=1S/C19H14BrN3O5/c20-14-7-5-13(6-8-14)17-10-9-15(28-17)11-21-22-19(24)12-27-18-4-2-1-3-16(18)23(25)26/h1-11H,12H2,(H,22,24). The van der Waals surface area contributed by atoms with Gasteiger partial charge in [0.05, 0.1) is 11.1 Å². The Bertz CT molecular complexity index is 1010. The molecule has 0 bridgehead atoms. The lowest BCUT2D eigenvalue weighted by Gasteiger charge is -2.05. The van der Waals surface area contributed by atoms with Gasteiger partial charge in [-0.1, -0.05) is 40.2 Å². The number of nitrogens with zero attached hydrogens (tertiary/aromatic N) is 2. The molecule has 0 spiro atoms. The van der Waals surface area contributed by atoms with Crippen LogP contribution in [0.1, 0.15) is 5.76 Å². The molecule has 0 radical (unpaired) electrons. The third-order valence-corrected chi connectivity index (χ3v) is 4.09. The fraction of sp³-hybridized carbons (Fsp3) is 0.0526. The van der Waals surface area contributed by atoms with Gasteiger partial charge in [0.2, 0.25) is 0 Å². The van der Waals surface area contributed by atoms with Crippen LogP contribution in [0.4, 0.5) is 5.69 Å². The summed E-state index contributed by atoms with van der Waals surface area (Å²) in [6.07, 6.45) is 1.35. The molecule has 0 aliphatic rings. The highest BCUT2D eigenvalue weighted by Gasteiger charge is 2.14. The van der Waals surface area contributed by atoms with Crippen LogP contribution in [0.5, 0.6) is 5.75 Å². The summed E-state index contributed by atoms with van der Waals surface area (Å²) < 4.78 is 11.8. The molecule has 0 atom stereocenters. The molecule has 1 heterocycles. The van der Waals surface area contributed by atoms with Crippen LogP contribution in [0.15, 0.2) is 74.7 Å². The molecule has 1 aromatic heterocycles. The average molecular weight is 444 g/mol. The van der Waals surface area contributed by atoms with Crippen molar-refractivity contribution in [1.82, 2.24) is 5.43 Å². The molecule has 1 N–H and O–H groups in total. The summed E-state index contributed by atoms with van der Waals surface area (Å²) in [7, 11) is 0. The molecule has 2 aromatic carbocycles. The molecule has 28 heavy (non-hydrogen) atoms. The van der Waals surface area contributed by atoms with Crippen molar-refractivity contribution in [3.63, 3.8) is 0 Å². The van der Waals surface area contributed by atoms with Crippen molar-refractivity contribution in [2.45, 2.75) is 0 Å². The number of furan rings is 1. The van der Waals surface area contributed by atoms with E-state index in [1.807, 2.05) is 24.3 Å². The Kier molecular flexibility index (Phi) is 6.18. The topological polar surface area (TPSA) is 107 Å². The van der Waals surface area contributed by atoms with Crippen LogP contribution in [0, 0.1) is 10.1 Å². The van der Waals surface area contributed by atoms with Gasteiger partial charge < -0.3 is 9.15 Å². The number of halogens is 1. The zero-order valence-electron chi connectivity index (χ0n) is 14.4. The molecular formula is C19H14BrN3O5. The highest BCUT2D eigenvalue weighted by Crippen LogP contribution is 2.25. The summed E-state index contributed by atoms with van der Waals surface area (Å²) in [5.41, 5.74) is 2.97. The van der Waals surface area contributed by atoms with Gasteiger partial charge in [-0.25, -0.2) is 5.43 Å². The summed E-state index contributed by atoms with van der Waals surface area (Å²) in [6, 6.07) is 17.0. The Morgan fingerprint density at radius 2 is 1.93 bits per heavy atom. The van der Waals surface area contributed by atoms with Crippen LogP contribution in [-0.2, 0) is 4.79 Å². The number of rotatable bonds is 7. The number of ether oxygens (including phenoxy) is 1. The number of nitrogens with one attached hydrogen (secondary N) is 1. The van der Waals surface area contributed by atoms with Gasteiger partial charge >= 0.3 is 5.69 Å². The number of nitro benzene ring substituents is 1. The second kappa shape index (κ2) is 8.96. The summed E-state index contributed by atoms with van der Waals surface area (Å²) in [5.74, 6) is 0.573. The minimum atomic E-state index is -0.578. The first-order chi connectivity index (χ1) is 13.5. The van der Waals surface area contributed by atoms with Gasteiger partial charge in [0.1, 0.15) is 11.5 Å². The van der Waals surface area contributed by atoms with Crippen molar-refractivity contribution in [3.8, 4) is 17.1 Å². The van der Waals surface area contributed by atoms with E-state index in [4.69, 9.17) is 9.15 Å². The molecule has 0 unspecified atom stereocenters. The number of hydrogen-bond donors (Lipinski definition) is 1. The van der Waals surface area contributed by atoms with E-state index in [9.17, 15) is 14.9 Å². The molecule has 142 valence electrons. The summed E-state index contributed by atoms with van der Waals surface area (Å²) >= 11 is 3.37. The monoisotopic (exact) mass is 443 g/mol. The van der Waals surface area contributed by atoms with Gasteiger partial charge in [0.25, 0.3) is 5.91 Å². The summed E-state index contributed by atoms with van der Waals surface area (Å²) in [6.45, 7) is -0.412. The van der Waals surface area contributed by atoms with E-state index in [2.05, 4.69) is 26.5 Å². The van der Waals surface area contributed by atoms with E-state index in [0.29, 0.717) is 11.5 Å². The van der Waals surface area contributed by atoms with E-state index in [1.165, 1.54) is 24.4 Å². The number of carbonyl (C=O) groups excluding carboxylic acids is 1. The maximum atomic E-state index is 11.8. The zero-order chi connectivity index (χ0) is 19.9. The fourth-order valence-corrected chi connectivity index (χ4v) is 2.53. The van der Waals surface area contributed by atoms with Gasteiger partial charge in [-0.2, -0.15) is 5.10 Å². The number of carbonyl (C=O) groups is 1. The van der Waals surface area contributed by atoms with Crippen molar-refractivity contribution >= 4 is 33.7 Å². The molecular weight excluding hydrogens is 430 g/mol. The van der Waals surface area contributed by atoms with Crippen LogP contribution >= 0.6 is 15.9 Å². The first kappa shape index (κ1) is 19.3. The van der Waals surface area contributed by atoms with Crippen LogP contribution in [-0.4, -0.2) is 23.7 Å². The highest BCUT2D eigenvalue weighted by molar-refractivity contribution is 9.10. The second-order valence-corrected chi connectivity index (χ2v) is 6.43. The Balaban J connectivity index is 1.53. The predicted molar refractivity (Wildman–Crippen MR) is 106 cm³/mol. The van der Waals surface area contributed by atoms with E-state index in [1.54, 1.807) is 18.2 Å². The number of benzene rings is 2. The van der Waals surface area contributed by atoms with E-state index in [-0.39, 0.29) is 11.4 Å². The van der Waals surface area contributed by atoms with Crippen LogP contribution in [0.2, 0.25) is 0 Å². The maximum Gasteiger partial charge on any atom is 0.310 e. The van der Waals surface area contributed by atoms with Crippen LogP contribution < -0.4 is 10.2 Å². The summed E-state index contributed by atoms with van der Waals surface area (Å²) in [4.78, 5) is 22.1. The molecule has 9 heteroatoms. The van der Waals surface area contributed by atoms with E-state index in [0.717, 1.165) is 10.0 Å². The maximum absolute atomic E-state index is 11.8.